The molecule has 2 atom stereocenters. The number of halogens is 1. The number of rotatable bonds is 4. The molecule has 5 heteroatoms. The zero-order valence-electron chi connectivity index (χ0n) is 12.2. The number of hydrogen-bond donors (Lipinski definition) is 1. The Hall–Kier alpha value is -2.06. The number of nitrogens with one attached hydrogen (secondary N) is 1. The highest BCUT2D eigenvalue weighted by atomic mass is 19.1. The minimum absolute atomic E-state index is 0.0227. The van der Waals surface area contributed by atoms with E-state index in [-0.39, 0.29) is 30.2 Å². The van der Waals surface area contributed by atoms with E-state index in [0.717, 1.165) is 13.0 Å². The number of benzene rings is 1. The predicted molar refractivity (Wildman–Crippen MR) is 79.6 cm³/mol. The zero-order valence-corrected chi connectivity index (χ0v) is 12.2. The normalized spacial score (nSPS) is 21.8. The molecule has 4 nitrogen and oxygen atoms in total. The summed E-state index contributed by atoms with van der Waals surface area (Å²) in [4.78, 5) is 14.5. The lowest BCUT2D eigenvalue weighted by Gasteiger charge is -2.20. The third kappa shape index (κ3) is 3.53. The van der Waals surface area contributed by atoms with Crippen molar-refractivity contribution < 1.29 is 13.9 Å². The average Bonchev–Trinajstić information content (AvgIpc) is 2.79. The van der Waals surface area contributed by atoms with E-state index < -0.39 is 5.82 Å². The maximum atomic E-state index is 13.3. The third-order valence-corrected chi connectivity index (χ3v) is 3.92. The topological polar surface area (TPSA) is 41.6 Å². The molecule has 0 bridgehead atoms. The number of terminal acetylenes is 1. The van der Waals surface area contributed by atoms with Gasteiger partial charge in [0.1, 0.15) is 18.2 Å². The number of amides is 1. The van der Waals surface area contributed by atoms with Crippen molar-refractivity contribution >= 4 is 11.6 Å². The van der Waals surface area contributed by atoms with Gasteiger partial charge in [-0.3, -0.25) is 4.79 Å². The molecule has 112 valence electrons. The molecule has 2 rings (SSSR count). The Morgan fingerprint density at radius 1 is 1.62 bits per heavy atom. The molecule has 1 heterocycles. The molecule has 1 aromatic carbocycles. The molecule has 0 spiro atoms. The first-order valence-electron chi connectivity index (χ1n) is 6.90. The van der Waals surface area contributed by atoms with Gasteiger partial charge in [0.05, 0.1) is 11.6 Å². The minimum atomic E-state index is -0.436. The fraction of sp³-hybridized carbons (Fsp3) is 0.438. The summed E-state index contributed by atoms with van der Waals surface area (Å²) < 4.78 is 18.6. The fourth-order valence-corrected chi connectivity index (χ4v) is 2.51. The highest BCUT2D eigenvalue weighted by Gasteiger charge is 2.33. The van der Waals surface area contributed by atoms with Gasteiger partial charge in [-0.15, -0.1) is 6.42 Å². The second-order valence-corrected chi connectivity index (χ2v) is 5.24. The number of carbonyl (C=O) groups is 1. The molecule has 1 fully saturated rings. The van der Waals surface area contributed by atoms with Crippen LogP contribution < -0.4 is 10.1 Å². The van der Waals surface area contributed by atoms with Gasteiger partial charge in [-0.05, 0) is 39.1 Å². The van der Waals surface area contributed by atoms with Crippen molar-refractivity contribution in [2.24, 2.45) is 5.92 Å². The minimum Gasteiger partial charge on any atom is -0.479 e. The molecule has 0 saturated carbocycles. The van der Waals surface area contributed by atoms with Gasteiger partial charge < -0.3 is 15.0 Å². The third-order valence-electron chi connectivity index (χ3n) is 3.92. The lowest BCUT2D eigenvalue weighted by Crippen LogP contribution is -2.33. The van der Waals surface area contributed by atoms with Crippen molar-refractivity contribution in [3.8, 4) is 18.1 Å². The molecule has 0 radical (unpaired) electrons. The first-order valence-corrected chi connectivity index (χ1v) is 6.90. The molecule has 1 aliphatic rings. The summed E-state index contributed by atoms with van der Waals surface area (Å²) in [5.41, 5.74) is 0.443. The smallest absolute Gasteiger partial charge is 0.229 e. The van der Waals surface area contributed by atoms with Crippen LogP contribution in [-0.4, -0.2) is 37.0 Å². The van der Waals surface area contributed by atoms with E-state index in [4.69, 9.17) is 11.2 Å². The molecule has 21 heavy (non-hydrogen) atoms. The van der Waals surface area contributed by atoms with Gasteiger partial charge in [0.25, 0.3) is 0 Å². The number of anilines is 1. The highest BCUT2D eigenvalue weighted by Crippen LogP contribution is 2.28. The molecule has 1 saturated heterocycles. The van der Waals surface area contributed by atoms with Crippen LogP contribution in [0.2, 0.25) is 0 Å². The van der Waals surface area contributed by atoms with E-state index in [2.05, 4.69) is 16.1 Å². The Morgan fingerprint density at radius 3 is 3.00 bits per heavy atom. The first kappa shape index (κ1) is 15.3. The number of ether oxygens (including phenoxy) is 1. The van der Waals surface area contributed by atoms with E-state index in [9.17, 15) is 9.18 Å². The Morgan fingerprint density at radius 2 is 2.38 bits per heavy atom. The van der Waals surface area contributed by atoms with Crippen LogP contribution in [0.15, 0.2) is 18.2 Å². The lowest BCUT2D eigenvalue weighted by molar-refractivity contribution is -0.120. The Bertz CT molecular complexity index is 568. The summed E-state index contributed by atoms with van der Waals surface area (Å²) in [6.07, 6.45) is 5.95. The molecule has 1 aliphatic heterocycles. The second-order valence-electron chi connectivity index (χ2n) is 5.24. The van der Waals surface area contributed by atoms with Crippen molar-refractivity contribution in [2.75, 3.05) is 25.5 Å². The van der Waals surface area contributed by atoms with Gasteiger partial charge in [-0.2, -0.15) is 0 Å². The highest BCUT2D eigenvalue weighted by molar-refractivity contribution is 5.94. The van der Waals surface area contributed by atoms with Crippen molar-refractivity contribution in [3.05, 3.63) is 24.0 Å². The largest absolute Gasteiger partial charge is 0.479 e. The van der Waals surface area contributed by atoms with Gasteiger partial charge in [0.15, 0.2) is 0 Å². The molecule has 1 amide bonds. The van der Waals surface area contributed by atoms with Crippen molar-refractivity contribution in [3.63, 3.8) is 0 Å². The number of likely N-dealkylation sites (tertiary alicyclic amines) is 1. The summed E-state index contributed by atoms with van der Waals surface area (Å²) in [7, 11) is 2.00. The fourth-order valence-electron chi connectivity index (χ4n) is 2.51. The van der Waals surface area contributed by atoms with Gasteiger partial charge >= 0.3 is 0 Å². The van der Waals surface area contributed by atoms with Crippen LogP contribution in [0, 0.1) is 24.1 Å². The van der Waals surface area contributed by atoms with Gasteiger partial charge in [-0.1, -0.05) is 5.92 Å². The SMILES string of the molecule is C#CCOc1cc(F)ccc1NC(=O)[C@H]1CCN(C)[C@@H]1C. The quantitative estimate of drug-likeness (QED) is 0.864. The number of hydrogen-bond acceptors (Lipinski definition) is 3. The molecule has 1 N–H and O–H groups in total. The lowest BCUT2D eigenvalue weighted by atomic mass is 10.0. The van der Waals surface area contributed by atoms with Crippen molar-refractivity contribution in [1.82, 2.24) is 4.90 Å². The molecule has 0 aliphatic carbocycles. The van der Waals surface area contributed by atoms with Gasteiger partial charge in [0.2, 0.25) is 5.91 Å². The van der Waals surface area contributed by atoms with Crippen molar-refractivity contribution in [1.29, 1.82) is 0 Å². The van der Waals surface area contributed by atoms with Crippen LogP contribution in [0.25, 0.3) is 0 Å². The summed E-state index contributed by atoms with van der Waals surface area (Å²) in [6, 6.07) is 4.17. The molecule has 0 aromatic heterocycles. The van der Waals surface area contributed by atoms with Crippen LogP contribution in [0.4, 0.5) is 10.1 Å². The van der Waals surface area contributed by atoms with Crippen LogP contribution in [0.5, 0.6) is 5.75 Å². The monoisotopic (exact) mass is 290 g/mol. The molecular weight excluding hydrogens is 271 g/mol. The summed E-state index contributed by atoms with van der Waals surface area (Å²) >= 11 is 0. The summed E-state index contributed by atoms with van der Waals surface area (Å²) in [5, 5.41) is 2.81. The van der Waals surface area contributed by atoms with Crippen LogP contribution in [0.3, 0.4) is 0 Å². The summed E-state index contributed by atoms with van der Waals surface area (Å²) in [5.74, 6) is 1.97. The van der Waals surface area contributed by atoms with E-state index in [1.54, 1.807) is 0 Å². The predicted octanol–water partition coefficient (Wildman–Crippen LogP) is 2.12. The van der Waals surface area contributed by atoms with Gasteiger partial charge in [-0.25, -0.2) is 4.39 Å². The molecular formula is C16H19FN2O2. The maximum Gasteiger partial charge on any atom is 0.229 e. The standard InChI is InChI=1S/C16H19FN2O2/c1-4-9-21-15-10-12(17)5-6-14(15)18-16(20)13-7-8-19(3)11(13)2/h1,5-6,10-11,13H,7-9H2,2-3H3,(H,18,20)/t11-,13+/m1/s1. The second kappa shape index (κ2) is 6.59. The molecule has 0 unspecified atom stereocenters. The number of carbonyl (C=O) groups excluding carboxylic acids is 1. The number of nitrogens with zero attached hydrogens (tertiary/aromatic N) is 1. The average molecular weight is 290 g/mol. The van der Waals surface area contributed by atoms with E-state index in [1.807, 2.05) is 14.0 Å². The van der Waals surface area contributed by atoms with E-state index >= 15 is 0 Å². The van der Waals surface area contributed by atoms with Crippen LogP contribution >= 0.6 is 0 Å². The zero-order chi connectivity index (χ0) is 15.4. The maximum absolute atomic E-state index is 13.3. The molecule has 1 aromatic rings. The Labute approximate surface area is 124 Å². The van der Waals surface area contributed by atoms with Crippen LogP contribution in [0.1, 0.15) is 13.3 Å². The first-order chi connectivity index (χ1) is 10.0. The van der Waals surface area contributed by atoms with E-state index in [0.29, 0.717) is 5.69 Å². The Kier molecular flexibility index (Phi) is 4.81. The van der Waals surface area contributed by atoms with E-state index in [1.165, 1.54) is 18.2 Å². The Balaban J connectivity index is 2.12. The van der Waals surface area contributed by atoms with Gasteiger partial charge in [0, 0.05) is 12.1 Å². The van der Waals surface area contributed by atoms with Crippen LogP contribution in [-0.2, 0) is 4.79 Å². The van der Waals surface area contributed by atoms with Crippen molar-refractivity contribution in [2.45, 2.75) is 19.4 Å². The summed E-state index contributed by atoms with van der Waals surface area (Å²) in [6.45, 7) is 2.94.